The molecule has 0 bridgehead atoms. The summed E-state index contributed by atoms with van der Waals surface area (Å²) in [6.45, 7) is 0.484. The van der Waals surface area contributed by atoms with Crippen molar-refractivity contribution < 1.29 is 23.5 Å². The molecule has 2 heterocycles. The molecule has 1 fully saturated rings. The first kappa shape index (κ1) is 18.4. The van der Waals surface area contributed by atoms with Gasteiger partial charge in [0.15, 0.2) is 5.60 Å². The number of benzene rings is 2. The Morgan fingerprint density at radius 1 is 1.21 bits per heavy atom. The van der Waals surface area contributed by atoms with Gasteiger partial charge in [-0.2, -0.15) is 0 Å². The van der Waals surface area contributed by atoms with Gasteiger partial charge in [0.25, 0.3) is 5.91 Å². The number of anilines is 2. The first-order valence-electron chi connectivity index (χ1n) is 8.96. The average molecular weight is 387 g/mol. The molecule has 2 aliphatic heterocycles. The topological polar surface area (TPSA) is 81.7 Å². The third kappa shape index (κ3) is 3.55. The van der Waals surface area contributed by atoms with Crippen LogP contribution in [0.2, 0.25) is 0 Å². The van der Waals surface area contributed by atoms with Crippen molar-refractivity contribution in [1.29, 1.82) is 0 Å². The van der Waals surface area contributed by atoms with E-state index in [1.54, 1.807) is 0 Å². The molecule has 2 aromatic rings. The van der Waals surface area contributed by atoms with E-state index in [2.05, 4.69) is 10.6 Å². The van der Waals surface area contributed by atoms with Crippen LogP contribution in [-0.2, 0) is 22.6 Å². The molecule has 0 aliphatic carbocycles. The number of fused-ring (bicyclic) bond motifs is 1. The summed E-state index contributed by atoms with van der Waals surface area (Å²) < 4.78 is 26.5. The quantitative estimate of drug-likeness (QED) is 0.746. The lowest BCUT2D eigenvalue weighted by molar-refractivity contribution is -0.137. The molecule has 0 aromatic heterocycles. The van der Waals surface area contributed by atoms with Crippen molar-refractivity contribution in [3.63, 3.8) is 0 Å². The van der Waals surface area contributed by atoms with E-state index in [4.69, 9.17) is 0 Å². The van der Waals surface area contributed by atoms with Crippen molar-refractivity contribution >= 4 is 23.2 Å². The molecular weight excluding hydrogens is 368 g/mol. The summed E-state index contributed by atoms with van der Waals surface area (Å²) >= 11 is 0. The van der Waals surface area contributed by atoms with E-state index in [1.165, 1.54) is 0 Å². The maximum Gasteiger partial charge on any atom is 0.254 e. The molecule has 1 atom stereocenters. The highest BCUT2D eigenvalue weighted by atomic mass is 19.1. The van der Waals surface area contributed by atoms with E-state index in [-0.39, 0.29) is 31.0 Å². The van der Waals surface area contributed by atoms with Crippen LogP contribution < -0.4 is 15.5 Å². The highest BCUT2D eigenvalue weighted by Crippen LogP contribution is 2.32. The van der Waals surface area contributed by atoms with Gasteiger partial charge in [0, 0.05) is 37.0 Å². The van der Waals surface area contributed by atoms with Crippen LogP contribution in [0.4, 0.5) is 20.2 Å². The van der Waals surface area contributed by atoms with E-state index in [9.17, 15) is 23.5 Å². The summed E-state index contributed by atoms with van der Waals surface area (Å²) in [4.78, 5) is 25.9. The van der Waals surface area contributed by atoms with Gasteiger partial charge in [0.2, 0.25) is 5.91 Å². The van der Waals surface area contributed by atoms with E-state index < -0.39 is 23.1 Å². The van der Waals surface area contributed by atoms with Gasteiger partial charge in [-0.05, 0) is 41.5 Å². The van der Waals surface area contributed by atoms with Crippen LogP contribution in [0.15, 0.2) is 36.4 Å². The Hall–Kier alpha value is -3.00. The zero-order valence-electron chi connectivity index (χ0n) is 15.0. The van der Waals surface area contributed by atoms with Crippen molar-refractivity contribution in [2.45, 2.75) is 25.0 Å². The number of nitrogens with one attached hydrogen (secondary N) is 2. The van der Waals surface area contributed by atoms with Gasteiger partial charge in [-0.3, -0.25) is 9.59 Å². The number of rotatable bonds is 4. The van der Waals surface area contributed by atoms with Gasteiger partial charge in [0.05, 0.1) is 13.0 Å². The average Bonchev–Trinajstić information content (AvgIpc) is 3.21. The molecule has 0 radical (unpaired) electrons. The second-order valence-electron chi connectivity index (χ2n) is 7.23. The Balaban J connectivity index is 1.41. The number of aliphatic hydroxyl groups is 1. The van der Waals surface area contributed by atoms with Gasteiger partial charge in [-0.25, -0.2) is 8.78 Å². The van der Waals surface area contributed by atoms with Crippen LogP contribution >= 0.6 is 0 Å². The minimum Gasteiger partial charge on any atom is -0.378 e. The van der Waals surface area contributed by atoms with Crippen molar-refractivity contribution in [2.24, 2.45) is 0 Å². The Kier molecular flexibility index (Phi) is 4.50. The van der Waals surface area contributed by atoms with E-state index in [0.29, 0.717) is 13.0 Å². The molecule has 4 rings (SSSR count). The van der Waals surface area contributed by atoms with E-state index in [1.807, 2.05) is 23.1 Å². The fourth-order valence-corrected chi connectivity index (χ4v) is 3.67. The number of carbonyl (C=O) groups is 2. The first-order valence-corrected chi connectivity index (χ1v) is 8.96. The minimum atomic E-state index is -1.60. The van der Waals surface area contributed by atoms with Gasteiger partial charge in [0.1, 0.15) is 11.6 Å². The Bertz CT molecular complexity index is 945. The molecule has 0 unspecified atom stereocenters. The molecule has 6 nitrogen and oxygen atoms in total. The number of hydrogen-bond acceptors (Lipinski definition) is 4. The van der Waals surface area contributed by atoms with Gasteiger partial charge in [-0.15, -0.1) is 0 Å². The predicted molar refractivity (Wildman–Crippen MR) is 98.8 cm³/mol. The third-order valence-corrected chi connectivity index (χ3v) is 5.12. The van der Waals surface area contributed by atoms with Crippen LogP contribution in [-0.4, -0.2) is 35.6 Å². The second kappa shape index (κ2) is 6.87. The van der Waals surface area contributed by atoms with E-state index >= 15 is 0 Å². The maximum atomic E-state index is 13.3. The number of β-amino-alcohol motifs (C(OH)–C–C–N with tert-alkyl or cyclic N) is 1. The highest BCUT2D eigenvalue weighted by Gasteiger charge is 2.43. The van der Waals surface area contributed by atoms with Crippen LogP contribution in [0.3, 0.4) is 0 Å². The largest absolute Gasteiger partial charge is 0.378 e. The van der Waals surface area contributed by atoms with Gasteiger partial charge in [-0.1, -0.05) is 0 Å². The molecule has 1 saturated heterocycles. The first-order chi connectivity index (χ1) is 13.3. The van der Waals surface area contributed by atoms with Crippen molar-refractivity contribution in [1.82, 2.24) is 5.32 Å². The number of halogens is 2. The Morgan fingerprint density at radius 2 is 1.96 bits per heavy atom. The molecule has 146 valence electrons. The standard InChI is InChI=1S/C20H19F2N3O3/c21-14-5-12(6-15(22)9-14)10-23-19(27)20(28)3-4-25(11-20)16-1-2-17-13(7-16)8-18(26)24-17/h1-2,5-7,9,28H,3-4,8,10-11H2,(H,23,27)(H,24,26)/t20-/m1/s1. The maximum absolute atomic E-state index is 13.3. The van der Waals surface area contributed by atoms with Crippen LogP contribution in [0.1, 0.15) is 17.5 Å². The molecule has 2 aromatic carbocycles. The highest BCUT2D eigenvalue weighted by molar-refractivity contribution is 5.99. The second-order valence-corrected chi connectivity index (χ2v) is 7.23. The van der Waals surface area contributed by atoms with Crippen LogP contribution in [0.25, 0.3) is 0 Å². The molecule has 28 heavy (non-hydrogen) atoms. The van der Waals surface area contributed by atoms with Crippen LogP contribution in [0.5, 0.6) is 0 Å². The smallest absolute Gasteiger partial charge is 0.254 e. The molecule has 8 heteroatoms. The zero-order valence-corrected chi connectivity index (χ0v) is 15.0. The number of amides is 2. The fraction of sp³-hybridized carbons (Fsp3) is 0.300. The third-order valence-electron chi connectivity index (χ3n) is 5.12. The summed E-state index contributed by atoms with van der Waals surface area (Å²) in [6, 6.07) is 8.55. The summed E-state index contributed by atoms with van der Waals surface area (Å²) in [7, 11) is 0. The lowest BCUT2D eigenvalue weighted by Gasteiger charge is -2.24. The Morgan fingerprint density at radius 3 is 2.71 bits per heavy atom. The lowest BCUT2D eigenvalue weighted by Crippen LogP contribution is -2.48. The molecule has 0 spiro atoms. The zero-order chi connectivity index (χ0) is 19.9. The summed E-state index contributed by atoms with van der Waals surface area (Å²) in [5.41, 5.74) is 1.17. The predicted octanol–water partition coefficient (Wildman–Crippen LogP) is 1.72. The minimum absolute atomic E-state index is 0.0572. The molecule has 2 aliphatic rings. The molecular formula is C20H19F2N3O3. The van der Waals surface area contributed by atoms with Crippen molar-refractivity contribution in [3.05, 3.63) is 59.2 Å². The monoisotopic (exact) mass is 387 g/mol. The van der Waals surface area contributed by atoms with E-state index in [0.717, 1.165) is 35.1 Å². The lowest BCUT2D eigenvalue weighted by atomic mass is 10.0. The normalized spacial score (nSPS) is 20.8. The fourth-order valence-electron chi connectivity index (χ4n) is 3.67. The molecule has 0 saturated carbocycles. The number of nitrogens with zero attached hydrogens (tertiary/aromatic N) is 1. The van der Waals surface area contributed by atoms with Crippen molar-refractivity contribution in [3.8, 4) is 0 Å². The SMILES string of the molecule is O=C1Cc2cc(N3CC[C@](O)(C(=O)NCc4cc(F)cc(F)c4)C3)ccc2N1. The number of carbonyl (C=O) groups excluding carboxylic acids is 2. The van der Waals surface area contributed by atoms with Gasteiger partial charge >= 0.3 is 0 Å². The summed E-state index contributed by atoms with van der Waals surface area (Å²) in [6.07, 6.45) is 0.538. The number of hydrogen-bond donors (Lipinski definition) is 3. The molecule has 2 amide bonds. The van der Waals surface area contributed by atoms with Crippen molar-refractivity contribution in [2.75, 3.05) is 23.3 Å². The van der Waals surface area contributed by atoms with Crippen LogP contribution in [0, 0.1) is 11.6 Å². The van der Waals surface area contributed by atoms with Gasteiger partial charge < -0.3 is 20.6 Å². The summed E-state index contributed by atoms with van der Waals surface area (Å²) in [5.74, 6) is -2.09. The summed E-state index contributed by atoms with van der Waals surface area (Å²) in [5, 5.41) is 16.1. The molecule has 3 N–H and O–H groups in total. The Labute approximate surface area is 160 Å².